The molecule has 8 heteroatoms. The number of rotatable bonds is 5. The average Bonchev–Trinajstić information content (AvgIpc) is 2.91. The van der Waals surface area contributed by atoms with Crippen LogP contribution < -0.4 is 5.32 Å². The lowest BCUT2D eigenvalue weighted by Crippen LogP contribution is -2.15. The number of nitro benzene ring substituents is 1. The Hall–Kier alpha value is -2.87. The van der Waals surface area contributed by atoms with Gasteiger partial charge < -0.3 is 9.88 Å². The maximum Gasteiger partial charge on any atom is 0.274 e. The molecule has 0 saturated carbocycles. The predicted octanol–water partition coefficient (Wildman–Crippen LogP) is 3.52. The quantitative estimate of drug-likeness (QED) is 0.429. The predicted molar refractivity (Wildman–Crippen MR) is 97.9 cm³/mol. The Labute approximate surface area is 148 Å². The van der Waals surface area contributed by atoms with E-state index in [0.29, 0.717) is 11.3 Å². The van der Waals surface area contributed by atoms with E-state index in [9.17, 15) is 14.9 Å². The first-order valence-corrected chi connectivity index (χ1v) is 8.54. The van der Waals surface area contributed by atoms with E-state index in [2.05, 4.69) is 10.3 Å². The summed E-state index contributed by atoms with van der Waals surface area (Å²) in [5, 5.41) is 14.4. The summed E-state index contributed by atoms with van der Waals surface area (Å²) in [7, 11) is 1.90. The van der Waals surface area contributed by atoms with Gasteiger partial charge in [-0.2, -0.15) is 0 Å². The minimum Gasteiger partial charge on any atom is -0.325 e. The first-order chi connectivity index (χ1) is 12.0. The number of imidazole rings is 1. The number of carbonyl (C=O) groups excluding carboxylic acids is 1. The molecule has 0 fully saturated rings. The molecule has 0 unspecified atom stereocenters. The van der Waals surface area contributed by atoms with E-state index in [0.717, 1.165) is 16.2 Å². The van der Waals surface area contributed by atoms with Gasteiger partial charge in [0.25, 0.3) is 5.69 Å². The van der Waals surface area contributed by atoms with Gasteiger partial charge >= 0.3 is 0 Å². The second-order valence-electron chi connectivity index (χ2n) is 5.49. The fourth-order valence-corrected chi connectivity index (χ4v) is 3.31. The zero-order valence-electron chi connectivity index (χ0n) is 13.7. The van der Waals surface area contributed by atoms with E-state index in [4.69, 9.17) is 0 Å². The normalized spacial score (nSPS) is 10.8. The molecule has 3 aromatic rings. The Morgan fingerprint density at radius 2 is 2.04 bits per heavy atom. The molecule has 0 spiro atoms. The van der Waals surface area contributed by atoms with E-state index < -0.39 is 4.92 Å². The standard InChI is InChI=1S/C17H16N4O3S/c1-11-12(7-5-9-14(11)21(23)24)18-16(22)10-25-17-19-13-6-3-4-8-15(13)20(17)2/h3-9H,10H2,1-2H3,(H,18,22). The monoisotopic (exact) mass is 356 g/mol. The van der Waals surface area contributed by atoms with Gasteiger partial charge in [0.05, 0.1) is 33.0 Å². The van der Waals surface area contributed by atoms with Crippen molar-refractivity contribution in [1.29, 1.82) is 0 Å². The van der Waals surface area contributed by atoms with Crippen LogP contribution in [0.1, 0.15) is 5.56 Å². The molecular formula is C17H16N4O3S. The summed E-state index contributed by atoms with van der Waals surface area (Å²) in [6.07, 6.45) is 0. The second-order valence-corrected chi connectivity index (χ2v) is 6.43. The minimum absolute atomic E-state index is 0.0131. The van der Waals surface area contributed by atoms with Crippen molar-refractivity contribution in [3.63, 3.8) is 0 Å². The van der Waals surface area contributed by atoms with Crippen LogP contribution in [0, 0.1) is 17.0 Å². The Morgan fingerprint density at radius 1 is 1.28 bits per heavy atom. The summed E-state index contributed by atoms with van der Waals surface area (Å²) in [5.74, 6) is -0.0695. The van der Waals surface area contributed by atoms with Crippen molar-refractivity contribution in [3.05, 3.63) is 58.1 Å². The molecule has 1 N–H and O–H groups in total. The van der Waals surface area contributed by atoms with Crippen LogP contribution in [-0.2, 0) is 11.8 Å². The Balaban J connectivity index is 1.70. The van der Waals surface area contributed by atoms with Gasteiger partial charge in [-0.05, 0) is 25.1 Å². The lowest BCUT2D eigenvalue weighted by molar-refractivity contribution is -0.385. The maximum absolute atomic E-state index is 12.2. The molecule has 0 bridgehead atoms. The summed E-state index contributed by atoms with van der Waals surface area (Å²) in [5.41, 5.74) is 2.75. The van der Waals surface area contributed by atoms with Crippen LogP contribution in [0.5, 0.6) is 0 Å². The summed E-state index contributed by atoms with van der Waals surface area (Å²) < 4.78 is 1.94. The van der Waals surface area contributed by atoms with Crippen molar-refractivity contribution < 1.29 is 9.72 Å². The number of hydrogen-bond donors (Lipinski definition) is 1. The molecular weight excluding hydrogens is 340 g/mol. The molecule has 0 aliphatic carbocycles. The number of anilines is 1. The zero-order chi connectivity index (χ0) is 18.0. The summed E-state index contributed by atoms with van der Waals surface area (Å²) >= 11 is 1.32. The smallest absolute Gasteiger partial charge is 0.274 e. The minimum atomic E-state index is -0.459. The molecule has 1 aromatic heterocycles. The van der Waals surface area contributed by atoms with Crippen LogP contribution in [0.2, 0.25) is 0 Å². The average molecular weight is 356 g/mol. The maximum atomic E-state index is 12.2. The van der Waals surface area contributed by atoms with E-state index >= 15 is 0 Å². The molecule has 0 aliphatic heterocycles. The van der Waals surface area contributed by atoms with E-state index in [-0.39, 0.29) is 17.3 Å². The van der Waals surface area contributed by atoms with Crippen molar-refractivity contribution in [2.24, 2.45) is 7.05 Å². The number of fused-ring (bicyclic) bond motifs is 1. The van der Waals surface area contributed by atoms with Crippen LogP contribution in [0.25, 0.3) is 11.0 Å². The second kappa shape index (κ2) is 6.94. The molecule has 7 nitrogen and oxygen atoms in total. The van der Waals surface area contributed by atoms with Gasteiger partial charge in [-0.1, -0.05) is 30.0 Å². The number of aromatic nitrogens is 2. The lowest BCUT2D eigenvalue weighted by Gasteiger charge is -2.08. The third-order valence-electron chi connectivity index (χ3n) is 3.85. The molecule has 0 radical (unpaired) electrons. The largest absolute Gasteiger partial charge is 0.325 e. The Kier molecular flexibility index (Phi) is 4.71. The van der Waals surface area contributed by atoms with E-state index in [1.54, 1.807) is 19.1 Å². The number of aryl methyl sites for hydroxylation is 1. The molecule has 0 aliphatic rings. The number of benzene rings is 2. The van der Waals surface area contributed by atoms with Crippen molar-refractivity contribution in [3.8, 4) is 0 Å². The molecule has 3 rings (SSSR count). The zero-order valence-corrected chi connectivity index (χ0v) is 14.5. The molecule has 0 saturated heterocycles. The fourth-order valence-electron chi connectivity index (χ4n) is 2.53. The van der Waals surface area contributed by atoms with Gasteiger partial charge in [0.1, 0.15) is 0 Å². The van der Waals surface area contributed by atoms with Crippen LogP contribution in [0.4, 0.5) is 11.4 Å². The number of amides is 1. The van der Waals surface area contributed by atoms with Gasteiger partial charge in [0.2, 0.25) is 5.91 Å². The highest BCUT2D eigenvalue weighted by Gasteiger charge is 2.15. The number of hydrogen-bond acceptors (Lipinski definition) is 5. The fraction of sp³-hybridized carbons (Fsp3) is 0.176. The van der Waals surface area contributed by atoms with E-state index in [1.165, 1.54) is 17.8 Å². The Morgan fingerprint density at radius 3 is 2.76 bits per heavy atom. The molecule has 128 valence electrons. The lowest BCUT2D eigenvalue weighted by atomic mass is 10.1. The van der Waals surface area contributed by atoms with Gasteiger partial charge in [-0.3, -0.25) is 14.9 Å². The van der Waals surface area contributed by atoms with Gasteiger partial charge in [0.15, 0.2) is 5.16 Å². The number of nitro groups is 1. The van der Waals surface area contributed by atoms with Crippen LogP contribution in [-0.4, -0.2) is 26.1 Å². The highest BCUT2D eigenvalue weighted by Crippen LogP contribution is 2.26. The highest BCUT2D eigenvalue weighted by atomic mass is 32.2. The number of para-hydroxylation sites is 2. The first kappa shape index (κ1) is 17.0. The highest BCUT2D eigenvalue weighted by molar-refractivity contribution is 7.99. The number of nitrogens with one attached hydrogen (secondary N) is 1. The van der Waals surface area contributed by atoms with Crippen molar-refractivity contribution in [2.45, 2.75) is 12.1 Å². The third kappa shape index (κ3) is 3.48. The number of nitrogens with zero attached hydrogens (tertiary/aromatic N) is 3. The molecule has 2 aromatic carbocycles. The number of thioether (sulfide) groups is 1. The summed E-state index contributed by atoms with van der Waals surface area (Å²) in [4.78, 5) is 27.2. The van der Waals surface area contributed by atoms with Gasteiger partial charge in [-0.15, -0.1) is 0 Å². The van der Waals surface area contributed by atoms with Crippen molar-refractivity contribution in [2.75, 3.05) is 11.1 Å². The molecule has 1 heterocycles. The summed E-state index contributed by atoms with van der Waals surface area (Å²) in [6, 6.07) is 12.4. The third-order valence-corrected chi connectivity index (χ3v) is 4.88. The van der Waals surface area contributed by atoms with Gasteiger partial charge in [0, 0.05) is 13.1 Å². The van der Waals surface area contributed by atoms with E-state index in [1.807, 2.05) is 35.9 Å². The van der Waals surface area contributed by atoms with Crippen LogP contribution in [0.3, 0.4) is 0 Å². The van der Waals surface area contributed by atoms with Crippen LogP contribution in [0.15, 0.2) is 47.6 Å². The van der Waals surface area contributed by atoms with Crippen molar-refractivity contribution >= 4 is 40.1 Å². The number of carbonyl (C=O) groups is 1. The van der Waals surface area contributed by atoms with Crippen molar-refractivity contribution in [1.82, 2.24) is 9.55 Å². The topological polar surface area (TPSA) is 90.1 Å². The molecule has 1 amide bonds. The Bertz CT molecular complexity index is 968. The molecule has 25 heavy (non-hydrogen) atoms. The molecule has 0 atom stereocenters. The van der Waals surface area contributed by atoms with Gasteiger partial charge in [-0.25, -0.2) is 4.98 Å². The first-order valence-electron chi connectivity index (χ1n) is 7.55. The SMILES string of the molecule is Cc1c(NC(=O)CSc2nc3ccccc3n2C)cccc1[N+](=O)[O-]. The summed E-state index contributed by atoms with van der Waals surface area (Å²) in [6.45, 7) is 1.62. The van der Waals surface area contributed by atoms with Crippen LogP contribution >= 0.6 is 11.8 Å².